The number of nitrogens with zero attached hydrogens (tertiary/aromatic N) is 4. The fraction of sp³-hybridized carbons (Fsp3) is 0.471. The number of halogens is 1. The highest BCUT2D eigenvalue weighted by Crippen LogP contribution is 2.12. The number of hydrogen-bond acceptors (Lipinski definition) is 7. The van der Waals surface area contributed by atoms with Gasteiger partial charge in [-0.3, -0.25) is 9.69 Å². The largest absolute Gasteiger partial charge is 0.484 e. The molecule has 0 radical (unpaired) electrons. The molecular weight excluding hydrogens is 358 g/mol. The Bertz CT molecular complexity index is 699. The van der Waals surface area contributed by atoms with Crippen molar-refractivity contribution < 1.29 is 14.1 Å². The van der Waals surface area contributed by atoms with Gasteiger partial charge in [-0.25, -0.2) is 0 Å². The molecule has 3 rings (SSSR count). The van der Waals surface area contributed by atoms with Crippen LogP contribution in [0.15, 0.2) is 28.8 Å². The number of piperazine rings is 1. The molecule has 1 aliphatic rings. The molecule has 1 fully saturated rings. The number of hydrogen-bond donors (Lipinski definition) is 1. The minimum absolute atomic E-state index is 0. The zero-order valence-corrected chi connectivity index (χ0v) is 15.6. The summed E-state index contributed by atoms with van der Waals surface area (Å²) in [5.41, 5.74) is 6.62. The van der Waals surface area contributed by atoms with Gasteiger partial charge in [0.05, 0.1) is 13.1 Å². The van der Waals surface area contributed by atoms with E-state index in [1.807, 2.05) is 36.1 Å². The molecule has 0 atom stereocenters. The van der Waals surface area contributed by atoms with Gasteiger partial charge in [0.2, 0.25) is 5.89 Å². The molecule has 1 aromatic carbocycles. The van der Waals surface area contributed by atoms with Crippen LogP contribution in [0.1, 0.15) is 17.3 Å². The Hall–Kier alpha value is -2.16. The molecular formula is C17H24ClN5O3. The molecule has 0 saturated carbocycles. The number of nitrogens with two attached hydrogens (primary N) is 1. The molecule has 9 heteroatoms. The lowest BCUT2D eigenvalue weighted by molar-refractivity contribution is -0.135. The first-order chi connectivity index (χ1) is 12.1. The maximum Gasteiger partial charge on any atom is 0.260 e. The summed E-state index contributed by atoms with van der Waals surface area (Å²) >= 11 is 0. The van der Waals surface area contributed by atoms with Gasteiger partial charge in [0, 0.05) is 26.2 Å². The summed E-state index contributed by atoms with van der Waals surface area (Å²) in [5.74, 6) is 1.79. The van der Waals surface area contributed by atoms with Crippen molar-refractivity contribution in [3.05, 3.63) is 41.5 Å². The summed E-state index contributed by atoms with van der Waals surface area (Å²) in [7, 11) is 0. The van der Waals surface area contributed by atoms with Crippen molar-refractivity contribution in [3.63, 3.8) is 0 Å². The lowest BCUT2D eigenvalue weighted by atomic mass is 10.2. The monoisotopic (exact) mass is 381 g/mol. The van der Waals surface area contributed by atoms with Crippen LogP contribution in [0, 0.1) is 6.92 Å². The normalized spacial score (nSPS) is 14.8. The molecule has 0 unspecified atom stereocenters. The van der Waals surface area contributed by atoms with Crippen LogP contribution in [0.5, 0.6) is 5.75 Å². The van der Waals surface area contributed by atoms with E-state index in [1.54, 1.807) is 0 Å². The third-order valence-corrected chi connectivity index (χ3v) is 4.16. The van der Waals surface area contributed by atoms with Gasteiger partial charge in [-0.05, 0) is 19.1 Å². The van der Waals surface area contributed by atoms with Crippen LogP contribution in [-0.4, -0.2) is 58.6 Å². The van der Waals surface area contributed by atoms with Gasteiger partial charge < -0.3 is 19.9 Å². The maximum absolute atomic E-state index is 12.3. The van der Waals surface area contributed by atoms with Crippen molar-refractivity contribution in [2.75, 3.05) is 32.8 Å². The summed E-state index contributed by atoms with van der Waals surface area (Å²) < 4.78 is 10.6. The number of amides is 1. The van der Waals surface area contributed by atoms with Crippen LogP contribution >= 0.6 is 12.4 Å². The Kier molecular flexibility index (Phi) is 7.38. The number of carbonyl (C=O) groups excluding carboxylic acids is 1. The topological polar surface area (TPSA) is 97.7 Å². The minimum atomic E-state index is 0. The van der Waals surface area contributed by atoms with Crippen molar-refractivity contribution >= 4 is 18.3 Å². The Balaban J connectivity index is 0.00000243. The zero-order chi connectivity index (χ0) is 17.6. The van der Waals surface area contributed by atoms with E-state index in [2.05, 4.69) is 15.0 Å². The maximum atomic E-state index is 12.3. The van der Waals surface area contributed by atoms with Crippen LogP contribution < -0.4 is 10.5 Å². The number of carbonyl (C=O) groups is 1. The van der Waals surface area contributed by atoms with Crippen LogP contribution in [-0.2, 0) is 17.9 Å². The number of aromatic nitrogens is 2. The van der Waals surface area contributed by atoms with Crippen LogP contribution in [0.3, 0.4) is 0 Å². The molecule has 2 N–H and O–H groups in total. The number of rotatable bonds is 6. The fourth-order valence-electron chi connectivity index (χ4n) is 2.66. The predicted octanol–water partition coefficient (Wildman–Crippen LogP) is 0.982. The summed E-state index contributed by atoms with van der Waals surface area (Å²) in [6, 6.07) is 7.68. The second-order valence-corrected chi connectivity index (χ2v) is 6.07. The van der Waals surface area contributed by atoms with Crippen LogP contribution in [0.2, 0.25) is 0 Å². The van der Waals surface area contributed by atoms with E-state index in [9.17, 15) is 4.79 Å². The first-order valence-electron chi connectivity index (χ1n) is 8.35. The first-order valence-corrected chi connectivity index (χ1v) is 8.35. The molecule has 8 nitrogen and oxygen atoms in total. The molecule has 1 aromatic heterocycles. The van der Waals surface area contributed by atoms with Crippen molar-refractivity contribution in [1.29, 1.82) is 0 Å². The molecule has 1 amide bonds. The molecule has 2 heterocycles. The molecule has 1 aliphatic heterocycles. The minimum Gasteiger partial charge on any atom is -0.484 e. The van der Waals surface area contributed by atoms with E-state index in [0.717, 1.165) is 18.7 Å². The molecule has 26 heavy (non-hydrogen) atoms. The van der Waals surface area contributed by atoms with Gasteiger partial charge >= 0.3 is 0 Å². The summed E-state index contributed by atoms with van der Waals surface area (Å²) in [6.07, 6.45) is 0. The summed E-state index contributed by atoms with van der Waals surface area (Å²) in [6.45, 7) is 5.79. The average molecular weight is 382 g/mol. The Morgan fingerprint density at radius 3 is 2.54 bits per heavy atom. The SMILES string of the molecule is Cc1ccc(OCC(=O)N2CCN(Cc3noc(CN)n3)CC2)cc1.Cl. The fourth-order valence-corrected chi connectivity index (χ4v) is 2.66. The van der Waals surface area contributed by atoms with Gasteiger partial charge in [-0.1, -0.05) is 22.9 Å². The van der Waals surface area contributed by atoms with E-state index < -0.39 is 0 Å². The zero-order valence-electron chi connectivity index (χ0n) is 14.8. The van der Waals surface area contributed by atoms with E-state index in [1.165, 1.54) is 0 Å². The lowest BCUT2D eigenvalue weighted by Crippen LogP contribution is -2.49. The molecule has 0 aliphatic carbocycles. The van der Waals surface area contributed by atoms with E-state index in [4.69, 9.17) is 15.0 Å². The van der Waals surface area contributed by atoms with E-state index in [0.29, 0.717) is 37.1 Å². The van der Waals surface area contributed by atoms with Gasteiger partial charge in [0.15, 0.2) is 12.4 Å². The smallest absolute Gasteiger partial charge is 0.260 e. The Morgan fingerprint density at radius 1 is 1.23 bits per heavy atom. The Labute approximate surface area is 158 Å². The van der Waals surface area contributed by atoms with Gasteiger partial charge in [-0.2, -0.15) is 4.98 Å². The molecule has 0 bridgehead atoms. The number of ether oxygens (including phenoxy) is 1. The van der Waals surface area contributed by atoms with Gasteiger partial charge in [0.25, 0.3) is 5.91 Å². The molecule has 142 valence electrons. The Morgan fingerprint density at radius 2 is 1.92 bits per heavy atom. The predicted molar refractivity (Wildman–Crippen MR) is 98.0 cm³/mol. The third kappa shape index (κ3) is 5.42. The van der Waals surface area contributed by atoms with E-state index >= 15 is 0 Å². The van der Waals surface area contributed by atoms with E-state index in [-0.39, 0.29) is 31.5 Å². The third-order valence-electron chi connectivity index (χ3n) is 4.16. The van der Waals surface area contributed by atoms with Crippen molar-refractivity contribution in [1.82, 2.24) is 19.9 Å². The second-order valence-electron chi connectivity index (χ2n) is 6.07. The highest BCUT2D eigenvalue weighted by Gasteiger charge is 2.22. The molecule has 1 saturated heterocycles. The quantitative estimate of drug-likeness (QED) is 0.796. The summed E-state index contributed by atoms with van der Waals surface area (Å²) in [4.78, 5) is 20.5. The van der Waals surface area contributed by atoms with Gasteiger partial charge in [-0.15, -0.1) is 12.4 Å². The van der Waals surface area contributed by atoms with Gasteiger partial charge in [0.1, 0.15) is 5.75 Å². The summed E-state index contributed by atoms with van der Waals surface area (Å²) in [5, 5.41) is 3.90. The molecule has 0 spiro atoms. The standard InChI is InChI=1S/C17H23N5O3.ClH/c1-13-2-4-14(5-3-13)24-12-17(23)22-8-6-21(7-9-22)11-15-19-16(10-18)25-20-15;/h2-5H,6-12,18H2,1H3;1H. The number of benzene rings is 1. The highest BCUT2D eigenvalue weighted by molar-refractivity contribution is 5.85. The lowest BCUT2D eigenvalue weighted by Gasteiger charge is -2.34. The molecule has 2 aromatic rings. The number of aryl methyl sites for hydroxylation is 1. The first kappa shape index (κ1) is 20.2. The van der Waals surface area contributed by atoms with Crippen molar-refractivity contribution in [2.45, 2.75) is 20.0 Å². The average Bonchev–Trinajstić information content (AvgIpc) is 3.09. The van der Waals surface area contributed by atoms with Crippen molar-refractivity contribution in [2.24, 2.45) is 5.73 Å². The second kappa shape index (κ2) is 9.51. The van der Waals surface area contributed by atoms with Crippen molar-refractivity contribution in [3.8, 4) is 5.75 Å². The highest BCUT2D eigenvalue weighted by atomic mass is 35.5. The van der Waals surface area contributed by atoms with Crippen LogP contribution in [0.4, 0.5) is 0 Å². The van der Waals surface area contributed by atoms with Crippen LogP contribution in [0.25, 0.3) is 0 Å².